The van der Waals surface area contributed by atoms with Crippen molar-refractivity contribution in [3.05, 3.63) is 89.1 Å². The number of rotatable bonds is 1. The smallest absolute Gasteiger partial charge is 0.129 e. The quantitative estimate of drug-likeness (QED) is 0.252. The largest absolute Gasteiger partial charge is 0.488 e. The van der Waals surface area contributed by atoms with Crippen LogP contribution in [0.1, 0.15) is 11.1 Å². The number of aryl methyl sites for hydroxylation is 1. The Morgan fingerprint density at radius 2 is 1.74 bits per heavy atom. The standard InChI is InChI=1S/C26H17ClN2O.ClH/c1-15-6-8-16(9-7-15)24-20-14-30-23-11-10-17(27)12-19(23)26(20)29-22-13-28-21-5-3-2-4-18(21)25(22)24;/h2-13H,14H2,1H3;1H. The summed E-state index contributed by atoms with van der Waals surface area (Å²) in [5, 5.41) is 2.87. The van der Waals surface area contributed by atoms with E-state index in [1.54, 1.807) is 0 Å². The first-order chi connectivity index (χ1) is 14.7. The minimum absolute atomic E-state index is 0. The average Bonchev–Trinajstić information content (AvgIpc) is 2.78. The Morgan fingerprint density at radius 1 is 0.935 bits per heavy atom. The molecule has 0 saturated carbocycles. The summed E-state index contributed by atoms with van der Waals surface area (Å²) in [6.07, 6.45) is 1.87. The molecule has 3 heterocycles. The molecule has 0 aliphatic carbocycles. The van der Waals surface area contributed by atoms with E-state index in [1.807, 2.05) is 42.6 Å². The van der Waals surface area contributed by atoms with Crippen molar-refractivity contribution in [2.45, 2.75) is 13.5 Å². The number of hydrogen-bond acceptors (Lipinski definition) is 3. The van der Waals surface area contributed by atoms with Crippen molar-refractivity contribution in [1.82, 2.24) is 9.97 Å². The minimum Gasteiger partial charge on any atom is -0.488 e. The molecule has 2 aromatic heterocycles. The molecule has 0 fully saturated rings. The fourth-order valence-electron chi connectivity index (χ4n) is 4.30. The highest BCUT2D eigenvalue weighted by atomic mass is 35.5. The molecule has 0 N–H and O–H groups in total. The second-order valence-electron chi connectivity index (χ2n) is 7.64. The van der Waals surface area contributed by atoms with E-state index in [9.17, 15) is 0 Å². The number of fused-ring (bicyclic) bond motifs is 6. The summed E-state index contributed by atoms with van der Waals surface area (Å²) in [6.45, 7) is 2.57. The summed E-state index contributed by atoms with van der Waals surface area (Å²) in [6, 6.07) is 22.6. The number of ether oxygens (including phenoxy) is 1. The van der Waals surface area contributed by atoms with Crippen LogP contribution in [0.5, 0.6) is 5.75 Å². The summed E-state index contributed by atoms with van der Waals surface area (Å²) in [5.41, 5.74) is 8.28. The zero-order valence-electron chi connectivity index (χ0n) is 16.7. The molecule has 1 aliphatic heterocycles. The zero-order chi connectivity index (χ0) is 20.2. The van der Waals surface area contributed by atoms with Gasteiger partial charge in [-0.1, -0.05) is 59.6 Å². The summed E-state index contributed by atoms with van der Waals surface area (Å²) in [7, 11) is 0. The van der Waals surface area contributed by atoms with Crippen LogP contribution in [0.25, 0.3) is 44.2 Å². The molecule has 0 amide bonds. The Hall–Kier alpha value is -3.14. The molecule has 0 unspecified atom stereocenters. The molecule has 3 aromatic carbocycles. The van der Waals surface area contributed by atoms with E-state index in [-0.39, 0.29) is 12.4 Å². The molecule has 0 spiro atoms. The van der Waals surface area contributed by atoms with Gasteiger partial charge in [-0.25, -0.2) is 4.98 Å². The minimum atomic E-state index is 0. The number of nitrogens with zero attached hydrogens (tertiary/aromatic N) is 2. The van der Waals surface area contributed by atoms with E-state index in [2.05, 4.69) is 42.2 Å². The Kier molecular flexibility index (Phi) is 4.81. The Bertz CT molecular complexity index is 1460. The number of aromatic nitrogens is 2. The molecule has 6 rings (SSSR count). The van der Waals surface area contributed by atoms with Crippen molar-refractivity contribution in [2.24, 2.45) is 0 Å². The van der Waals surface area contributed by atoms with E-state index in [1.165, 1.54) is 5.56 Å². The second-order valence-corrected chi connectivity index (χ2v) is 8.08. The predicted octanol–water partition coefficient (Wildman–Crippen LogP) is 7.39. The molecule has 3 nitrogen and oxygen atoms in total. The topological polar surface area (TPSA) is 35.0 Å². The van der Waals surface area contributed by atoms with Crippen LogP contribution in [-0.4, -0.2) is 9.97 Å². The van der Waals surface area contributed by atoms with Gasteiger partial charge in [0, 0.05) is 32.5 Å². The summed E-state index contributed by atoms with van der Waals surface area (Å²) < 4.78 is 6.14. The Morgan fingerprint density at radius 3 is 2.58 bits per heavy atom. The van der Waals surface area contributed by atoms with Gasteiger partial charge in [0.05, 0.1) is 22.9 Å². The molecule has 0 radical (unpaired) electrons. The van der Waals surface area contributed by atoms with E-state index in [0.717, 1.165) is 55.5 Å². The van der Waals surface area contributed by atoms with Crippen LogP contribution in [0.15, 0.2) is 72.9 Å². The third-order valence-electron chi connectivity index (χ3n) is 5.73. The van der Waals surface area contributed by atoms with E-state index in [0.29, 0.717) is 11.6 Å². The van der Waals surface area contributed by atoms with Gasteiger partial charge in [0.1, 0.15) is 12.4 Å². The lowest BCUT2D eigenvalue weighted by molar-refractivity contribution is 0.302. The van der Waals surface area contributed by atoms with Gasteiger partial charge >= 0.3 is 0 Å². The van der Waals surface area contributed by atoms with Gasteiger partial charge in [0.2, 0.25) is 0 Å². The maximum Gasteiger partial charge on any atom is 0.129 e. The first-order valence-corrected chi connectivity index (χ1v) is 10.3. The van der Waals surface area contributed by atoms with Crippen molar-refractivity contribution in [3.63, 3.8) is 0 Å². The highest BCUT2D eigenvalue weighted by Gasteiger charge is 2.25. The third kappa shape index (κ3) is 3.13. The lowest BCUT2D eigenvalue weighted by atomic mass is 9.89. The van der Waals surface area contributed by atoms with Crippen molar-refractivity contribution in [3.8, 4) is 28.1 Å². The highest BCUT2D eigenvalue weighted by molar-refractivity contribution is 6.31. The molecule has 5 aromatic rings. The fourth-order valence-corrected chi connectivity index (χ4v) is 4.47. The van der Waals surface area contributed by atoms with Crippen LogP contribution in [0.2, 0.25) is 5.02 Å². The lowest BCUT2D eigenvalue weighted by Crippen LogP contribution is -2.10. The van der Waals surface area contributed by atoms with Crippen LogP contribution in [0.3, 0.4) is 0 Å². The SMILES string of the molecule is Cc1ccc(-c2c3c(nc4cnc5ccccc5c24)-c2cc(Cl)ccc2OC3)cc1.Cl. The molecular weight excluding hydrogens is 427 g/mol. The molecule has 1 aliphatic rings. The van der Waals surface area contributed by atoms with Gasteiger partial charge in [-0.3, -0.25) is 4.98 Å². The number of halogens is 2. The maximum atomic E-state index is 6.32. The zero-order valence-corrected chi connectivity index (χ0v) is 18.3. The molecule has 152 valence electrons. The molecule has 0 saturated heterocycles. The van der Waals surface area contributed by atoms with Crippen LogP contribution in [-0.2, 0) is 6.61 Å². The first-order valence-electron chi connectivity index (χ1n) is 9.89. The van der Waals surface area contributed by atoms with Crippen molar-refractivity contribution >= 4 is 45.8 Å². The molecule has 0 bridgehead atoms. The highest BCUT2D eigenvalue weighted by Crippen LogP contribution is 2.45. The van der Waals surface area contributed by atoms with Crippen LogP contribution >= 0.6 is 24.0 Å². The van der Waals surface area contributed by atoms with E-state index < -0.39 is 0 Å². The van der Waals surface area contributed by atoms with Gasteiger partial charge in [-0.05, 0) is 36.8 Å². The van der Waals surface area contributed by atoms with Gasteiger partial charge < -0.3 is 4.74 Å². The van der Waals surface area contributed by atoms with Crippen molar-refractivity contribution in [1.29, 1.82) is 0 Å². The molecule has 5 heteroatoms. The maximum absolute atomic E-state index is 6.32. The summed E-state index contributed by atoms with van der Waals surface area (Å²) in [4.78, 5) is 9.71. The molecule has 31 heavy (non-hydrogen) atoms. The third-order valence-corrected chi connectivity index (χ3v) is 5.97. The van der Waals surface area contributed by atoms with Crippen LogP contribution in [0, 0.1) is 6.92 Å². The van der Waals surface area contributed by atoms with Crippen LogP contribution in [0.4, 0.5) is 0 Å². The number of para-hydroxylation sites is 1. The number of pyridine rings is 2. The number of benzene rings is 3. The average molecular weight is 445 g/mol. The monoisotopic (exact) mass is 444 g/mol. The van der Waals surface area contributed by atoms with Gasteiger partial charge in [-0.15, -0.1) is 12.4 Å². The van der Waals surface area contributed by atoms with E-state index >= 15 is 0 Å². The summed E-state index contributed by atoms with van der Waals surface area (Å²) in [5.74, 6) is 0.808. The first kappa shape index (κ1) is 19.8. The van der Waals surface area contributed by atoms with Crippen LogP contribution < -0.4 is 4.74 Å². The van der Waals surface area contributed by atoms with Gasteiger partial charge in [-0.2, -0.15) is 0 Å². The van der Waals surface area contributed by atoms with Crippen molar-refractivity contribution < 1.29 is 4.74 Å². The fraction of sp³-hybridized carbons (Fsp3) is 0.0769. The lowest BCUT2D eigenvalue weighted by Gasteiger charge is -2.24. The Balaban J connectivity index is 0.00000204. The van der Waals surface area contributed by atoms with Gasteiger partial charge in [0.15, 0.2) is 0 Å². The summed E-state index contributed by atoms with van der Waals surface area (Å²) >= 11 is 6.32. The Labute approximate surface area is 191 Å². The predicted molar refractivity (Wildman–Crippen MR) is 129 cm³/mol. The normalized spacial score (nSPS) is 12.1. The second kappa shape index (κ2) is 7.52. The number of hydrogen-bond donors (Lipinski definition) is 0. The van der Waals surface area contributed by atoms with Crippen molar-refractivity contribution in [2.75, 3.05) is 0 Å². The molecular formula is C26H18Cl2N2O. The van der Waals surface area contributed by atoms with Gasteiger partial charge in [0.25, 0.3) is 0 Å². The van der Waals surface area contributed by atoms with E-state index in [4.69, 9.17) is 21.3 Å². The molecule has 0 atom stereocenters.